The Bertz CT molecular complexity index is 629. The fraction of sp³-hybridized carbons (Fsp3) is 0.188. The molecule has 0 amide bonds. The summed E-state index contributed by atoms with van der Waals surface area (Å²) >= 11 is 0. The minimum absolute atomic E-state index is 0.0865. The first-order chi connectivity index (χ1) is 9.60. The molecule has 0 atom stereocenters. The number of nitrogens with two attached hydrogens (primary N) is 1. The van der Waals surface area contributed by atoms with Gasteiger partial charge in [-0.25, -0.2) is 4.39 Å². The van der Waals surface area contributed by atoms with Gasteiger partial charge in [-0.15, -0.1) is 0 Å². The molecule has 0 heterocycles. The molecule has 0 aliphatic rings. The third-order valence-electron chi connectivity index (χ3n) is 3.07. The van der Waals surface area contributed by atoms with Crippen LogP contribution in [0, 0.1) is 17.1 Å². The molecule has 0 radical (unpaired) electrons. The molecule has 0 saturated carbocycles. The molecule has 0 fully saturated rings. The van der Waals surface area contributed by atoms with Crippen LogP contribution in [0.5, 0.6) is 0 Å². The summed E-state index contributed by atoms with van der Waals surface area (Å²) in [5.41, 5.74) is 8.09. The summed E-state index contributed by atoms with van der Waals surface area (Å²) < 4.78 is 14.0. The van der Waals surface area contributed by atoms with E-state index in [9.17, 15) is 4.39 Å². The van der Waals surface area contributed by atoms with Gasteiger partial charge >= 0.3 is 0 Å². The van der Waals surface area contributed by atoms with Crippen molar-refractivity contribution >= 4 is 5.69 Å². The van der Waals surface area contributed by atoms with Gasteiger partial charge in [-0.3, -0.25) is 4.90 Å². The maximum atomic E-state index is 14.0. The Labute approximate surface area is 118 Å². The van der Waals surface area contributed by atoms with Crippen LogP contribution >= 0.6 is 0 Å². The van der Waals surface area contributed by atoms with E-state index in [1.807, 2.05) is 42.3 Å². The van der Waals surface area contributed by atoms with Gasteiger partial charge in [-0.1, -0.05) is 24.3 Å². The number of rotatable bonds is 4. The highest BCUT2D eigenvalue weighted by molar-refractivity contribution is 5.39. The summed E-state index contributed by atoms with van der Waals surface area (Å²) in [5, 5.41) is 8.82. The Morgan fingerprint density at radius 2 is 1.85 bits per heavy atom. The van der Waals surface area contributed by atoms with Crippen LogP contribution in [0.1, 0.15) is 16.7 Å². The van der Waals surface area contributed by atoms with E-state index in [0.29, 0.717) is 18.7 Å². The Morgan fingerprint density at radius 3 is 2.50 bits per heavy atom. The van der Waals surface area contributed by atoms with Crippen molar-refractivity contribution in [3.05, 3.63) is 65.0 Å². The van der Waals surface area contributed by atoms with Crippen molar-refractivity contribution in [2.75, 3.05) is 12.8 Å². The second-order valence-corrected chi connectivity index (χ2v) is 4.80. The number of benzene rings is 2. The van der Waals surface area contributed by atoms with Crippen LogP contribution in [0.3, 0.4) is 0 Å². The van der Waals surface area contributed by atoms with Crippen LogP contribution in [-0.2, 0) is 13.1 Å². The highest BCUT2D eigenvalue weighted by Gasteiger charge is 2.10. The summed E-state index contributed by atoms with van der Waals surface area (Å²) in [6.45, 7) is 1.14. The van der Waals surface area contributed by atoms with Crippen molar-refractivity contribution in [2.24, 2.45) is 0 Å². The summed E-state index contributed by atoms with van der Waals surface area (Å²) in [6.07, 6.45) is 0. The normalized spacial score (nSPS) is 10.5. The molecule has 2 N–H and O–H groups in total. The Morgan fingerprint density at radius 1 is 1.15 bits per heavy atom. The van der Waals surface area contributed by atoms with Gasteiger partial charge in [0.15, 0.2) is 0 Å². The summed E-state index contributed by atoms with van der Waals surface area (Å²) in [6, 6.07) is 14.3. The minimum atomic E-state index is -0.431. The molecule has 2 rings (SSSR count). The quantitative estimate of drug-likeness (QED) is 0.868. The monoisotopic (exact) mass is 269 g/mol. The largest absolute Gasteiger partial charge is 0.399 e. The number of anilines is 1. The molecule has 0 bridgehead atoms. The molecule has 0 spiro atoms. The van der Waals surface area contributed by atoms with Gasteiger partial charge in [-0.05, 0) is 30.8 Å². The van der Waals surface area contributed by atoms with Crippen LogP contribution in [-0.4, -0.2) is 11.9 Å². The predicted octanol–water partition coefficient (Wildman–Crippen LogP) is 2.91. The average molecular weight is 269 g/mol. The highest BCUT2D eigenvalue weighted by Crippen LogP contribution is 2.15. The van der Waals surface area contributed by atoms with Crippen LogP contribution < -0.4 is 5.73 Å². The minimum Gasteiger partial charge on any atom is -0.399 e. The fourth-order valence-corrected chi connectivity index (χ4v) is 2.07. The fourth-order valence-electron chi connectivity index (χ4n) is 2.07. The Kier molecular flexibility index (Phi) is 4.34. The first-order valence-corrected chi connectivity index (χ1v) is 6.30. The molecule has 2 aromatic carbocycles. The van der Waals surface area contributed by atoms with Crippen molar-refractivity contribution in [1.29, 1.82) is 5.26 Å². The van der Waals surface area contributed by atoms with Gasteiger partial charge in [0.05, 0.1) is 5.56 Å². The van der Waals surface area contributed by atoms with Crippen molar-refractivity contribution in [3.63, 3.8) is 0 Å². The smallest absolute Gasteiger partial charge is 0.145 e. The van der Waals surface area contributed by atoms with E-state index >= 15 is 0 Å². The lowest BCUT2D eigenvalue weighted by Gasteiger charge is -2.17. The van der Waals surface area contributed by atoms with Gasteiger partial charge < -0.3 is 5.73 Å². The molecule has 0 aliphatic carbocycles. The molecule has 20 heavy (non-hydrogen) atoms. The second kappa shape index (κ2) is 6.18. The lowest BCUT2D eigenvalue weighted by atomic mass is 10.1. The predicted molar refractivity (Wildman–Crippen MR) is 77.1 cm³/mol. The van der Waals surface area contributed by atoms with E-state index in [1.165, 1.54) is 6.07 Å². The Hall–Kier alpha value is -2.38. The number of hydrogen-bond donors (Lipinski definition) is 1. The third kappa shape index (κ3) is 3.34. The van der Waals surface area contributed by atoms with Crippen LogP contribution in [0.15, 0.2) is 42.5 Å². The zero-order valence-corrected chi connectivity index (χ0v) is 11.3. The molecular formula is C16H16FN3. The van der Waals surface area contributed by atoms with E-state index in [-0.39, 0.29) is 5.56 Å². The van der Waals surface area contributed by atoms with E-state index < -0.39 is 5.82 Å². The molecule has 3 nitrogen and oxygen atoms in total. The van der Waals surface area contributed by atoms with Gasteiger partial charge in [0.25, 0.3) is 0 Å². The van der Waals surface area contributed by atoms with Crippen LogP contribution in [0.4, 0.5) is 10.1 Å². The van der Waals surface area contributed by atoms with E-state index in [2.05, 4.69) is 0 Å². The second-order valence-electron chi connectivity index (χ2n) is 4.80. The maximum absolute atomic E-state index is 14.0. The molecule has 0 saturated heterocycles. The van der Waals surface area contributed by atoms with Crippen LogP contribution in [0.25, 0.3) is 0 Å². The number of nitrogens with zero attached hydrogens (tertiary/aromatic N) is 2. The van der Waals surface area contributed by atoms with Crippen molar-refractivity contribution in [1.82, 2.24) is 4.90 Å². The molecule has 0 unspecified atom stereocenters. The maximum Gasteiger partial charge on any atom is 0.145 e. The molecule has 0 aromatic heterocycles. The average Bonchev–Trinajstić information content (AvgIpc) is 2.44. The van der Waals surface area contributed by atoms with Crippen molar-refractivity contribution in [2.45, 2.75) is 13.1 Å². The highest BCUT2D eigenvalue weighted by atomic mass is 19.1. The molecular weight excluding hydrogens is 253 g/mol. The van der Waals surface area contributed by atoms with E-state index in [1.54, 1.807) is 12.1 Å². The van der Waals surface area contributed by atoms with Gasteiger partial charge in [0, 0.05) is 24.3 Å². The number of hydrogen-bond acceptors (Lipinski definition) is 3. The zero-order valence-electron chi connectivity index (χ0n) is 11.3. The first-order valence-electron chi connectivity index (χ1n) is 6.30. The summed E-state index contributed by atoms with van der Waals surface area (Å²) in [4.78, 5) is 1.99. The van der Waals surface area contributed by atoms with E-state index in [4.69, 9.17) is 11.0 Å². The first kappa shape index (κ1) is 14.0. The Balaban J connectivity index is 2.07. The topological polar surface area (TPSA) is 53.0 Å². The lowest BCUT2D eigenvalue weighted by Crippen LogP contribution is -2.18. The molecule has 2 aromatic rings. The van der Waals surface area contributed by atoms with Gasteiger partial charge in [-0.2, -0.15) is 5.26 Å². The van der Waals surface area contributed by atoms with Gasteiger partial charge in [0.1, 0.15) is 11.9 Å². The summed E-state index contributed by atoms with van der Waals surface area (Å²) in [7, 11) is 1.91. The SMILES string of the molecule is CN(Cc1ccc(N)cc1)Cc1cccc(C#N)c1F. The van der Waals surface area contributed by atoms with Gasteiger partial charge in [0.2, 0.25) is 0 Å². The zero-order chi connectivity index (χ0) is 14.5. The molecule has 4 heteroatoms. The number of halogens is 1. The molecule has 102 valence electrons. The van der Waals surface area contributed by atoms with Crippen molar-refractivity contribution in [3.8, 4) is 6.07 Å². The number of nitriles is 1. The number of nitrogen functional groups attached to an aromatic ring is 1. The molecule has 0 aliphatic heterocycles. The lowest BCUT2D eigenvalue weighted by molar-refractivity contribution is 0.313. The third-order valence-corrected chi connectivity index (χ3v) is 3.07. The summed E-state index contributed by atoms with van der Waals surface area (Å²) in [5.74, 6) is -0.431. The van der Waals surface area contributed by atoms with Crippen molar-refractivity contribution < 1.29 is 4.39 Å². The van der Waals surface area contributed by atoms with E-state index in [0.717, 1.165) is 11.3 Å². The van der Waals surface area contributed by atoms with Crippen LogP contribution in [0.2, 0.25) is 0 Å². The standard InChI is InChI=1S/C16H16FN3/c1-20(10-12-5-7-15(19)8-6-12)11-14-4-2-3-13(9-18)16(14)17/h2-8H,10-11,19H2,1H3.